The van der Waals surface area contributed by atoms with Crippen LogP contribution in [0.15, 0.2) is 18.2 Å². The Morgan fingerprint density at radius 1 is 0.621 bits per heavy atom. The quantitative estimate of drug-likeness (QED) is 0.719. The van der Waals surface area contributed by atoms with Gasteiger partial charge in [-0.2, -0.15) is 0 Å². The maximum absolute atomic E-state index is 12.6. The van der Waals surface area contributed by atoms with Crippen LogP contribution in [-0.2, 0) is 0 Å². The summed E-state index contributed by atoms with van der Waals surface area (Å²) in [5, 5.41) is 12.6. The van der Waals surface area contributed by atoms with Crippen molar-refractivity contribution in [2.45, 2.75) is 76.0 Å². The number of aromatic carboxylic acids is 1. The fourth-order valence-electron chi connectivity index (χ4n) is 10.2. The molecule has 0 unspecified atom stereocenters. The van der Waals surface area contributed by atoms with Gasteiger partial charge in [0.1, 0.15) is 0 Å². The topological polar surface area (TPSA) is 40.1 Å². The first-order chi connectivity index (χ1) is 14.1. The summed E-state index contributed by atoms with van der Waals surface area (Å²) >= 11 is 0. The van der Waals surface area contributed by atoms with Gasteiger partial charge < -0.3 is 9.90 Å². The van der Waals surface area contributed by atoms with E-state index in [2.05, 4.69) is 18.2 Å². The highest BCUT2D eigenvalue weighted by Crippen LogP contribution is 2.62. The number of benzene rings is 1. The average molecular weight is 390 g/mol. The molecule has 1 aromatic rings. The van der Waals surface area contributed by atoms with Gasteiger partial charge in [-0.05, 0) is 135 Å². The van der Waals surface area contributed by atoms with Crippen molar-refractivity contribution in [2.24, 2.45) is 47.3 Å². The van der Waals surface area contributed by atoms with E-state index in [4.69, 9.17) is 0 Å². The van der Waals surface area contributed by atoms with E-state index < -0.39 is 5.97 Å². The molecule has 0 heterocycles. The lowest BCUT2D eigenvalue weighted by Gasteiger charge is -2.56. The summed E-state index contributed by atoms with van der Waals surface area (Å²) in [6, 6.07) is 6.56. The lowest BCUT2D eigenvalue weighted by atomic mass is 9.49. The van der Waals surface area contributed by atoms with Gasteiger partial charge in [-0.15, -0.1) is 0 Å². The number of carbonyl (C=O) groups excluding carboxylic acids is 1. The normalized spacial score (nSPS) is 49.0. The van der Waals surface area contributed by atoms with E-state index in [0.717, 1.165) is 47.3 Å². The number of carboxylic acid groups (broad SMARTS) is 1. The molecule has 8 fully saturated rings. The summed E-state index contributed by atoms with van der Waals surface area (Å²) in [6.07, 6.45) is 13.6. The van der Waals surface area contributed by atoms with Crippen LogP contribution in [0.25, 0.3) is 0 Å². The Balaban J connectivity index is 1.32. The third-order valence-corrected chi connectivity index (χ3v) is 10.5. The summed E-state index contributed by atoms with van der Waals surface area (Å²) in [5.74, 6) is 6.65. The predicted octanol–water partition coefficient (Wildman–Crippen LogP) is 5.13. The Hall–Kier alpha value is -1.31. The molecule has 154 valence electrons. The minimum atomic E-state index is -0.891. The summed E-state index contributed by atoms with van der Waals surface area (Å²) < 4.78 is 0. The van der Waals surface area contributed by atoms with E-state index >= 15 is 0 Å². The van der Waals surface area contributed by atoms with E-state index in [1.807, 2.05) is 0 Å². The number of rotatable bonds is 3. The molecule has 8 aliphatic carbocycles. The predicted molar refractivity (Wildman–Crippen MR) is 110 cm³/mol. The van der Waals surface area contributed by atoms with Gasteiger partial charge in [-0.3, -0.25) is 0 Å². The first-order valence-corrected chi connectivity index (χ1v) is 12.5. The molecule has 29 heavy (non-hydrogen) atoms. The van der Waals surface area contributed by atoms with Crippen molar-refractivity contribution in [2.75, 3.05) is 0 Å². The molecule has 8 aliphatic rings. The highest BCUT2D eigenvalue weighted by molar-refractivity contribution is 5.90. The van der Waals surface area contributed by atoms with Crippen molar-refractivity contribution < 1.29 is 9.90 Å². The molecule has 0 N–H and O–H groups in total. The van der Waals surface area contributed by atoms with Crippen molar-refractivity contribution in [3.63, 3.8) is 0 Å². The van der Waals surface area contributed by atoms with Gasteiger partial charge in [0.05, 0.1) is 5.97 Å². The van der Waals surface area contributed by atoms with Crippen LogP contribution in [0.2, 0.25) is 0 Å². The highest BCUT2D eigenvalue weighted by atomic mass is 16.4. The molecule has 0 saturated heterocycles. The Kier molecular flexibility index (Phi) is 3.66. The second-order valence-electron chi connectivity index (χ2n) is 12.0. The maximum atomic E-state index is 12.6. The summed E-state index contributed by atoms with van der Waals surface area (Å²) in [7, 11) is 0. The molecule has 2 heteroatoms. The second kappa shape index (κ2) is 6.11. The molecule has 0 aliphatic heterocycles. The minimum Gasteiger partial charge on any atom is -0.545 e. The zero-order valence-electron chi connectivity index (χ0n) is 17.4. The van der Waals surface area contributed by atoms with Crippen molar-refractivity contribution in [1.82, 2.24) is 0 Å². The van der Waals surface area contributed by atoms with Crippen LogP contribution in [0, 0.1) is 47.3 Å². The van der Waals surface area contributed by atoms with E-state index in [1.54, 1.807) is 0 Å². The standard InChI is InChI=1S/C27H34O2/c28-27(29)26-22(24-18-6-14-4-15(8-18)9-19(24)7-14)2-1-3-23(26)25-20-10-16-5-17(12-20)13-21(25)11-16/h1-3,14-21,24-25H,4-13H2,(H,28,29)/p-1. The fourth-order valence-corrected chi connectivity index (χ4v) is 10.2. The van der Waals surface area contributed by atoms with Crippen molar-refractivity contribution in [3.8, 4) is 0 Å². The number of carbonyl (C=O) groups is 1. The van der Waals surface area contributed by atoms with Crippen molar-refractivity contribution >= 4 is 5.97 Å². The molecule has 9 rings (SSSR count). The smallest absolute Gasteiger partial charge is 0.0721 e. The Morgan fingerprint density at radius 3 is 1.28 bits per heavy atom. The Morgan fingerprint density at radius 2 is 0.966 bits per heavy atom. The van der Waals surface area contributed by atoms with Crippen molar-refractivity contribution in [1.29, 1.82) is 0 Å². The van der Waals surface area contributed by atoms with Crippen LogP contribution in [0.5, 0.6) is 0 Å². The third kappa shape index (κ3) is 2.50. The minimum absolute atomic E-state index is 0.479. The van der Waals surface area contributed by atoms with E-state index in [9.17, 15) is 9.90 Å². The van der Waals surface area contributed by atoms with E-state index in [-0.39, 0.29) is 0 Å². The first kappa shape index (κ1) is 17.4. The molecule has 0 spiro atoms. The maximum Gasteiger partial charge on any atom is 0.0721 e. The Bertz CT molecular complexity index is 738. The van der Waals surface area contributed by atoms with Gasteiger partial charge in [-0.1, -0.05) is 18.2 Å². The summed E-state index contributed by atoms with van der Waals surface area (Å²) in [4.78, 5) is 12.6. The van der Waals surface area contributed by atoms with Gasteiger partial charge in [0.2, 0.25) is 0 Å². The van der Waals surface area contributed by atoms with Gasteiger partial charge in [-0.25, -0.2) is 0 Å². The van der Waals surface area contributed by atoms with Gasteiger partial charge >= 0.3 is 0 Å². The summed E-state index contributed by atoms with van der Waals surface area (Å²) in [5.41, 5.74) is 2.98. The highest BCUT2D eigenvalue weighted by Gasteiger charge is 2.51. The zero-order chi connectivity index (χ0) is 19.3. The van der Waals surface area contributed by atoms with Crippen LogP contribution in [-0.4, -0.2) is 5.97 Å². The lowest BCUT2D eigenvalue weighted by molar-refractivity contribution is -0.255. The van der Waals surface area contributed by atoms with Crippen molar-refractivity contribution in [3.05, 3.63) is 34.9 Å². The number of hydrogen-bond acceptors (Lipinski definition) is 2. The van der Waals surface area contributed by atoms with Crippen LogP contribution in [0.4, 0.5) is 0 Å². The van der Waals surface area contributed by atoms with Crippen LogP contribution in [0.1, 0.15) is 97.5 Å². The van der Waals surface area contributed by atoms with Crippen LogP contribution < -0.4 is 5.11 Å². The Labute approximate surface area is 174 Å². The fraction of sp³-hybridized carbons (Fsp3) is 0.741. The first-order valence-electron chi connectivity index (χ1n) is 12.5. The largest absolute Gasteiger partial charge is 0.545 e. The van der Waals surface area contributed by atoms with E-state index in [0.29, 0.717) is 17.4 Å². The molecular weight excluding hydrogens is 356 g/mol. The molecule has 0 amide bonds. The average Bonchev–Trinajstić information content (AvgIpc) is 2.66. The monoisotopic (exact) mass is 389 g/mol. The lowest BCUT2D eigenvalue weighted by Crippen LogP contribution is -2.46. The van der Waals surface area contributed by atoms with Gasteiger partial charge in [0, 0.05) is 5.56 Å². The third-order valence-electron chi connectivity index (χ3n) is 10.5. The van der Waals surface area contributed by atoms with E-state index in [1.165, 1.54) is 75.3 Å². The zero-order valence-corrected chi connectivity index (χ0v) is 17.4. The molecule has 8 bridgehead atoms. The molecule has 1 aromatic carbocycles. The number of carboxylic acids is 1. The SMILES string of the molecule is O=C([O-])c1c(C2C3CC4CC(C3)CC2C4)cccc1C1C2CC3CC(C2)CC1C3. The molecule has 0 atom stereocenters. The molecule has 8 saturated carbocycles. The molecule has 2 nitrogen and oxygen atoms in total. The second-order valence-corrected chi connectivity index (χ2v) is 12.0. The van der Waals surface area contributed by atoms with Crippen LogP contribution in [0.3, 0.4) is 0 Å². The molecule has 0 aromatic heterocycles. The van der Waals surface area contributed by atoms with Gasteiger partial charge in [0.15, 0.2) is 0 Å². The molecular formula is C27H33O2-. The molecule has 0 radical (unpaired) electrons. The summed E-state index contributed by atoms with van der Waals surface area (Å²) in [6.45, 7) is 0. The number of hydrogen-bond donors (Lipinski definition) is 0. The van der Waals surface area contributed by atoms with Gasteiger partial charge in [0.25, 0.3) is 0 Å². The van der Waals surface area contributed by atoms with Crippen LogP contribution >= 0.6 is 0 Å².